The lowest BCUT2D eigenvalue weighted by Gasteiger charge is -2.21. The van der Waals surface area contributed by atoms with Crippen LogP contribution in [0.5, 0.6) is 17.2 Å². The fourth-order valence-electron chi connectivity index (χ4n) is 2.58. The Hall–Kier alpha value is -2.82. The summed E-state index contributed by atoms with van der Waals surface area (Å²) in [7, 11) is 1.33. The standard InChI is InChI=1S/C16H12O5/c1-7-5-11-12(16(21-2)13(7)18)15(20)9-4-3-8(17)6-10(9)14(11)19/h3-6,17-18H,1-2H3. The molecule has 1 aliphatic carbocycles. The van der Waals surface area contributed by atoms with Crippen molar-refractivity contribution in [2.24, 2.45) is 0 Å². The second kappa shape index (κ2) is 4.34. The number of aryl methyl sites for hydroxylation is 1. The Morgan fingerprint density at radius 2 is 1.67 bits per heavy atom. The van der Waals surface area contributed by atoms with Crippen molar-refractivity contribution in [2.45, 2.75) is 6.92 Å². The molecule has 106 valence electrons. The second-order valence-electron chi connectivity index (χ2n) is 4.89. The Balaban J connectivity index is 2.38. The molecule has 0 radical (unpaired) electrons. The molecule has 1 aliphatic rings. The van der Waals surface area contributed by atoms with E-state index in [-0.39, 0.29) is 45.3 Å². The molecular formula is C16H12O5. The molecule has 0 bridgehead atoms. The molecule has 0 amide bonds. The van der Waals surface area contributed by atoms with Gasteiger partial charge in [0.05, 0.1) is 12.7 Å². The Kier molecular flexibility index (Phi) is 2.73. The van der Waals surface area contributed by atoms with Gasteiger partial charge in [-0.1, -0.05) is 0 Å². The summed E-state index contributed by atoms with van der Waals surface area (Å²) in [5, 5.41) is 19.5. The van der Waals surface area contributed by atoms with E-state index in [1.165, 1.54) is 31.4 Å². The normalized spacial score (nSPS) is 12.9. The summed E-state index contributed by atoms with van der Waals surface area (Å²) in [6.07, 6.45) is 0. The van der Waals surface area contributed by atoms with Crippen LogP contribution in [0.3, 0.4) is 0 Å². The van der Waals surface area contributed by atoms with Crippen LogP contribution in [0.25, 0.3) is 0 Å². The van der Waals surface area contributed by atoms with E-state index < -0.39 is 5.78 Å². The number of aromatic hydroxyl groups is 2. The first-order valence-corrected chi connectivity index (χ1v) is 6.28. The largest absolute Gasteiger partial charge is 0.508 e. The predicted octanol–water partition coefficient (Wildman–Crippen LogP) is 2.19. The van der Waals surface area contributed by atoms with Crippen molar-refractivity contribution in [1.82, 2.24) is 0 Å². The number of hydrogen-bond acceptors (Lipinski definition) is 5. The first-order chi connectivity index (χ1) is 9.95. The maximum Gasteiger partial charge on any atom is 0.198 e. The SMILES string of the molecule is COc1c(O)c(C)cc2c1C(=O)c1ccc(O)cc1C2=O. The predicted molar refractivity (Wildman–Crippen MR) is 74.4 cm³/mol. The lowest BCUT2D eigenvalue weighted by atomic mass is 9.82. The highest BCUT2D eigenvalue weighted by Gasteiger charge is 2.34. The molecular weight excluding hydrogens is 272 g/mol. The van der Waals surface area contributed by atoms with Gasteiger partial charge in [0.15, 0.2) is 23.1 Å². The minimum absolute atomic E-state index is 0.00192. The maximum absolute atomic E-state index is 12.6. The van der Waals surface area contributed by atoms with Gasteiger partial charge >= 0.3 is 0 Å². The number of carbonyl (C=O) groups excluding carboxylic acids is 2. The molecule has 2 N–H and O–H groups in total. The van der Waals surface area contributed by atoms with Crippen molar-refractivity contribution in [3.63, 3.8) is 0 Å². The third-order valence-corrected chi connectivity index (χ3v) is 3.61. The van der Waals surface area contributed by atoms with Gasteiger partial charge in [0.2, 0.25) is 0 Å². The van der Waals surface area contributed by atoms with Crippen molar-refractivity contribution in [1.29, 1.82) is 0 Å². The van der Waals surface area contributed by atoms with Gasteiger partial charge in [-0.2, -0.15) is 0 Å². The van der Waals surface area contributed by atoms with Crippen LogP contribution in [-0.2, 0) is 0 Å². The van der Waals surface area contributed by atoms with E-state index in [0.29, 0.717) is 5.56 Å². The number of methoxy groups -OCH3 is 1. The molecule has 0 saturated heterocycles. The van der Waals surface area contributed by atoms with E-state index in [1.54, 1.807) is 6.92 Å². The molecule has 5 nitrogen and oxygen atoms in total. The lowest BCUT2D eigenvalue weighted by Crippen LogP contribution is -2.22. The lowest BCUT2D eigenvalue weighted by molar-refractivity contribution is 0.0975. The van der Waals surface area contributed by atoms with Gasteiger partial charge in [0.25, 0.3) is 0 Å². The van der Waals surface area contributed by atoms with Crippen molar-refractivity contribution in [2.75, 3.05) is 7.11 Å². The second-order valence-corrected chi connectivity index (χ2v) is 4.89. The van der Waals surface area contributed by atoms with Crippen LogP contribution in [0.4, 0.5) is 0 Å². The van der Waals surface area contributed by atoms with Gasteiger partial charge in [0.1, 0.15) is 5.75 Å². The van der Waals surface area contributed by atoms with Crippen molar-refractivity contribution in [3.05, 3.63) is 52.1 Å². The summed E-state index contributed by atoms with van der Waals surface area (Å²) in [5.74, 6) is -1.02. The summed E-state index contributed by atoms with van der Waals surface area (Å²) >= 11 is 0. The molecule has 0 heterocycles. The highest BCUT2D eigenvalue weighted by molar-refractivity contribution is 6.29. The van der Waals surface area contributed by atoms with E-state index >= 15 is 0 Å². The quantitative estimate of drug-likeness (QED) is 0.715. The van der Waals surface area contributed by atoms with Crippen LogP contribution in [-0.4, -0.2) is 28.9 Å². The first kappa shape index (κ1) is 13.2. The van der Waals surface area contributed by atoms with Crippen molar-refractivity contribution < 1.29 is 24.5 Å². The molecule has 0 fully saturated rings. The summed E-state index contributed by atoms with van der Waals surface area (Å²) in [6.45, 7) is 1.62. The highest BCUT2D eigenvalue weighted by atomic mass is 16.5. The fourth-order valence-corrected chi connectivity index (χ4v) is 2.58. The molecule has 0 aromatic heterocycles. The molecule has 5 heteroatoms. The Morgan fingerprint density at radius 3 is 2.33 bits per heavy atom. The molecule has 3 rings (SSSR count). The van der Waals surface area contributed by atoms with Crippen LogP contribution >= 0.6 is 0 Å². The van der Waals surface area contributed by atoms with E-state index in [1.807, 2.05) is 0 Å². The van der Waals surface area contributed by atoms with E-state index in [2.05, 4.69) is 0 Å². The van der Waals surface area contributed by atoms with Gasteiger partial charge in [-0.15, -0.1) is 0 Å². The third-order valence-electron chi connectivity index (χ3n) is 3.61. The van der Waals surface area contributed by atoms with Crippen LogP contribution in [0, 0.1) is 6.92 Å². The zero-order chi connectivity index (χ0) is 15.3. The van der Waals surface area contributed by atoms with Crippen molar-refractivity contribution >= 4 is 11.6 Å². The molecule has 0 unspecified atom stereocenters. The summed E-state index contributed by atoms with van der Waals surface area (Å²) < 4.78 is 5.11. The molecule has 0 spiro atoms. The fraction of sp³-hybridized carbons (Fsp3) is 0.125. The van der Waals surface area contributed by atoms with Gasteiger partial charge in [-0.3, -0.25) is 9.59 Å². The molecule has 2 aromatic rings. The van der Waals surface area contributed by atoms with Crippen LogP contribution < -0.4 is 4.74 Å². The zero-order valence-electron chi connectivity index (χ0n) is 11.4. The van der Waals surface area contributed by atoms with Gasteiger partial charge in [-0.25, -0.2) is 0 Å². The highest BCUT2D eigenvalue weighted by Crippen LogP contribution is 2.41. The number of ketones is 2. The van der Waals surface area contributed by atoms with Crippen LogP contribution in [0.2, 0.25) is 0 Å². The monoisotopic (exact) mass is 284 g/mol. The number of rotatable bonds is 1. The molecule has 0 saturated carbocycles. The Morgan fingerprint density at radius 1 is 0.952 bits per heavy atom. The average molecular weight is 284 g/mol. The number of hydrogen-bond donors (Lipinski definition) is 2. The smallest absolute Gasteiger partial charge is 0.198 e. The molecule has 0 aliphatic heterocycles. The number of carbonyl (C=O) groups is 2. The summed E-state index contributed by atoms with van der Waals surface area (Å²) in [5.41, 5.74) is 1.01. The number of fused-ring (bicyclic) bond motifs is 2. The number of phenols is 2. The minimum Gasteiger partial charge on any atom is -0.508 e. The first-order valence-electron chi connectivity index (χ1n) is 6.28. The van der Waals surface area contributed by atoms with Crippen molar-refractivity contribution in [3.8, 4) is 17.2 Å². The molecule has 2 aromatic carbocycles. The maximum atomic E-state index is 12.6. The minimum atomic E-state index is -0.410. The topological polar surface area (TPSA) is 83.8 Å². The third kappa shape index (κ3) is 1.71. The number of phenolic OH excluding ortho intramolecular Hbond substituents is 2. The average Bonchev–Trinajstić information content (AvgIpc) is 2.46. The number of benzene rings is 2. The van der Waals surface area contributed by atoms with Crippen LogP contribution in [0.15, 0.2) is 24.3 Å². The van der Waals surface area contributed by atoms with Gasteiger partial charge < -0.3 is 14.9 Å². The Labute approximate surface area is 120 Å². The van der Waals surface area contributed by atoms with E-state index in [0.717, 1.165) is 0 Å². The van der Waals surface area contributed by atoms with E-state index in [9.17, 15) is 19.8 Å². The molecule has 21 heavy (non-hydrogen) atoms. The van der Waals surface area contributed by atoms with Crippen LogP contribution in [0.1, 0.15) is 37.4 Å². The zero-order valence-corrected chi connectivity index (χ0v) is 11.4. The van der Waals surface area contributed by atoms with Gasteiger partial charge in [0, 0.05) is 16.7 Å². The Bertz CT molecular complexity index is 805. The summed E-state index contributed by atoms with van der Waals surface area (Å²) in [6, 6.07) is 5.47. The van der Waals surface area contributed by atoms with E-state index in [4.69, 9.17) is 4.74 Å². The van der Waals surface area contributed by atoms with Gasteiger partial charge in [-0.05, 0) is 36.8 Å². The number of ether oxygens (including phenoxy) is 1. The molecule has 0 atom stereocenters. The summed E-state index contributed by atoms with van der Waals surface area (Å²) in [4.78, 5) is 25.1.